The third kappa shape index (κ3) is 1.94. The molecule has 4 nitrogen and oxygen atoms in total. The van der Waals surface area contributed by atoms with Crippen LogP contribution < -0.4 is 5.32 Å². The van der Waals surface area contributed by atoms with Gasteiger partial charge in [-0.25, -0.2) is 0 Å². The van der Waals surface area contributed by atoms with Crippen molar-refractivity contribution < 1.29 is 9.53 Å². The number of fused-ring (bicyclic) bond motifs is 1. The summed E-state index contributed by atoms with van der Waals surface area (Å²) < 4.78 is 5.18. The standard InChI is InChI=1S/C12H14N2O2/c1-16-11-6-10-8(5-9(11)7-13)3-2-4-12(15)14-10/h5,10H,2-4,6H2,1H3,(H,14,15). The lowest BCUT2D eigenvalue weighted by molar-refractivity contribution is -0.121. The van der Waals surface area contributed by atoms with Crippen molar-refractivity contribution in [3.8, 4) is 6.07 Å². The average molecular weight is 218 g/mol. The van der Waals surface area contributed by atoms with Crippen LogP contribution in [0.1, 0.15) is 25.7 Å². The van der Waals surface area contributed by atoms with E-state index in [-0.39, 0.29) is 11.9 Å². The van der Waals surface area contributed by atoms with Crippen LogP contribution in [0.5, 0.6) is 0 Å². The van der Waals surface area contributed by atoms with Crippen molar-refractivity contribution in [3.05, 3.63) is 23.0 Å². The zero-order valence-corrected chi connectivity index (χ0v) is 9.25. The third-order valence-corrected chi connectivity index (χ3v) is 3.04. The average Bonchev–Trinajstić information content (AvgIpc) is 2.47. The van der Waals surface area contributed by atoms with Crippen LogP contribution in [0.3, 0.4) is 0 Å². The molecule has 1 N–H and O–H groups in total. The van der Waals surface area contributed by atoms with Crippen LogP contribution in [0, 0.1) is 11.3 Å². The van der Waals surface area contributed by atoms with Gasteiger partial charge in [0.15, 0.2) is 0 Å². The Morgan fingerprint density at radius 3 is 3.06 bits per heavy atom. The van der Waals surface area contributed by atoms with Crippen molar-refractivity contribution in [2.45, 2.75) is 31.7 Å². The molecule has 1 aliphatic heterocycles. The second-order valence-electron chi connectivity index (χ2n) is 4.05. The Morgan fingerprint density at radius 1 is 1.56 bits per heavy atom. The SMILES string of the molecule is COC1=C(C#N)C=C2CCCC(=O)NC2C1. The fourth-order valence-corrected chi connectivity index (χ4v) is 2.19. The van der Waals surface area contributed by atoms with E-state index in [2.05, 4.69) is 11.4 Å². The Morgan fingerprint density at radius 2 is 2.38 bits per heavy atom. The van der Waals surface area contributed by atoms with Crippen LogP contribution in [-0.2, 0) is 9.53 Å². The molecule has 16 heavy (non-hydrogen) atoms. The van der Waals surface area contributed by atoms with Gasteiger partial charge < -0.3 is 10.1 Å². The molecule has 0 bridgehead atoms. The predicted molar refractivity (Wildman–Crippen MR) is 58.1 cm³/mol. The lowest BCUT2D eigenvalue weighted by Crippen LogP contribution is -2.36. The summed E-state index contributed by atoms with van der Waals surface area (Å²) in [6.07, 6.45) is 4.76. The second-order valence-corrected chi connectivity index (χ2v) is 4.05. The minimum atomic E-state index is 0.0158. The molecule has 1 heterocycles. The number of nitriles is 1. The Bertz CT molecular complexity index is 415. The molecule has 0 aromatic rings. The fourth-order valence-electron chi connectivity index (χ4n) is 2.19. The summed E-state index contributed by atoms with van der Waals surface area (Å²) in [5, 5.41) is 11.9. The van der Waals surface area contributed by atoms with Crippen molar-refractivity contribution in [3.63, 3.8) is 0 Å². The topological polar surface area (TPSA) is 62.1 Å². The maximum Gasteiger partial charge on any atom is 0.220 e. The first-order valence-corrected chi connectivity index (χ1v) is 5.41. The molecule has 0 aromatic heterocycles. The van der Waals surface area contributed by atoms with Gasteiger partial charge in [0.1, 0.15) is 11.8 Å². The number of carbonyl (C=O) groups is 1. The maximum atomic E-state index is 11.4. The first-order chi connectivity index (χ1) is 7.74. The Hall–Kier alpha value is -1.76. The number of carbonyl (C=O) groups excluding carboxylic acids is 1. The first-order valence-electron chi connectivity index (χ1n) is 5.41. The lowest BCUT2D eigenvalue weighted by Gasteiger charge is -2.24. The molecule has 0 saturated carbocycles. The minimum absolute atomic E-state index is 0.0158. The molecule has 2 rings (SSSR count). The molecule has 1 aliphatic carbocycles. The Labute approximate surface area is 94.6 Å². The van der Waals surface area contributed by atoms with Crippen LogP contribution in [0.25, 0.3) is 0 Å². The van der Waals surface area contributed by atoms with E-state index in [9.17, 15) is 4.79 Å². The van der Waals surface area contributed by atoms with E-state index in [1.54, 1.807) is 7.11 Å². The van der Waals surface area contributed by atoms with Gasteiger partial charge in [-0.1, -0.05) is 0 Å². The molecule has 0 spiro atoms. The monoisotopic (exact) mass is 218 g/mol. The molecule has 4 heteroatoms. The van der Waals surface area contributed by atoms with Crippen molar-refractivity contribution in [2.75, 3.05) is 7.11 Å². The van der Waals surface area contributed by atoms with E-state index in [1.807, 2.05) is 6.08 Å². The normalized spacial score (nSPS) is 24.9. The number of nitrogens with zero attached hydrogens (tertiary/aromatic N) is 1. The zero-order chi connectivity index (χ0) is 11.5. The van der Waals surface area contributed by atoms with Crippen LogP contribution in [0.15, 0.2) is 23.0 Å². The molecule has 1 amide bonds. The van der Waals surface area contributed by atoms with E-state index < -0.39 is 0 Å². The highest BCUT2D eigenvalue weighted by molar-refractivity contribution is 5.77. The van der Waals surface area contributed by atoms with Gasteiger partial charge in [-0.3, -0.25) is 4.79 Å². The van der Waals surface area contributed by atoms with Gasteiger partial charge in [-0.05, 0) is 24.5 Å². The Kier molecular flexibility index (Phi) is 2.95. The van der Waals surface area contributed by atoms with Gasteiger partial charge in [-0.15, -0.1) is 0 Å². The van der Waals surface area contributed by atoms with E-state index in [0.717, 1.165) is 18.4 Å². The predicted octanol–water partition coefficient (Wildman–Crippen LogP) is 1.41. The van der Waals surface area contributed by atoms with Crippen molar-refractivity contribution in [2.24, 2.45) is 0 Å². The van der Waals surface area contributed by atoms with Gasteiger partial charge in [0.05, 0.1) is 18.7 Å². The number of amides is 1. The zero-order valence-electron chi connectivity index (χ0n) is 9.25. The lowest BCUT2D eigenvalue weighted by atomic mass is 9.91. The molecule has 1 fully saturated rings. The van der Waals surface area contributed by atoms with Crippen LogP contribution in [0.4, 0.5) is 0 Å². The van der Waals surface area contributed by atoms with Gasteiger partial charge in [-0.2, -0.15) is 5.26 Å². The number of ether oxygens (including phenoxy) is 1. The van der Waals surface area contributed by atoms with Gasteiger partial charge in [0.25, 0.3) is 0 Å². The Balaban J connectivity index is 2.29. The largest absolute Gasteiger partial charge is 0.500 e. The summed E-state index contributed by atoms with van der Waals surface area (Å²) in [5.74, 6) is 0.753. The molecule has 1 atom stereocenters. The maximum absolute atomic E-state index is 11.4. The second kappa shape index (κ2) is 4.40. The molecule has 1 saturated heterocycles. The summed E-state index contributed by atoms with van der Waals surface area (Å²) in [7, 11) is 1.56. The number of hydrogen-bond donors (Lipinski definition) is 1. The van der Waals surface area contributed by atoms with Crippen LogP contribution in [-0.4, -0.2) is 19.1 Å². The van der Waals surface area contributed by atoms with Crippen molar-refractivity contribution in [1.29, 1.82) is 5.26 Å². The molecular weight excluding hydrogens is 204 g/mol. The number of hydrogen-bond acceptors (Lipinski definition) is 3. The van der Waals surface area contributed by atoms with E-state index in [1.165, 1.54) is 0 Å². The number of allylic oxidation sites excluding steroid dienone is 2. The highest BCUT2D eigenvalue weighted by atomic mass is 16.5. The van der Waals surface area contributed by atoms with Gasteiger partial charge in [0.2, 0.25) is 5.91 Å². The molecular formula is C12H14N2O2. The van der Waals surface area contributed by atoms with E-state index in [0.29, 0.717) is 24.2 Å². The summed E-state index contributed by atoms with van der Waals surface area (Å²) in [4.78, 5) is 11.4. The van der Waals surface area contributed by atoms with E-state index in [4.69, 9.17) is 10.00 Å². The highest BCUT2D eigenvalue weighted by Crippen LogP contribution is 2.29. The number of nitrogens with one attached hydrogen (secondary N) is 1. The summed E-state index contributed by atoms with van der Waals surface area (Å²) >= 11 is 0. The quantitative estimate of drug-likeness (QED) is 0.723. The number of methoxy groups -OCH3 is 1. The summed E-state index contributed by atoms with van der Waals surface area (Å²) in [6, 6.07) is 2.15. The van der Waals surface area contributed by atoms with Crippen LogP contribution in [0.2, 0.25) is 0 Å². The summed E-state index contributed by atoms with van der Waals surface area (Å²) in [6.45, 7) is 0. The highest BCUT2D eigenvalue weighted by Gasteiger charge is 2.27. The van der Waals surface area contributed by atoms with E-state index >= 15 is 0 Å². The fraction of sp³-hybridized carbons (Fsp3) is 0.500. The van der Waals surface area contributed by atoms with Crippen molar-refractivity contribution >= 4 is 5.91 Å². The number of rotatable bonds is 1. The van der Waals surface area contributed by atoms with Crippen LogP contribution >= 0.6 is 0 Å². The molecule has 0 radical (unpaired) electrons. The molecule has 84 valence electrons. The van der Waals surface area contributed by atoms with Crippen molar-refractivity contribution in [1.82, 2.24) is 5.32 Å². The molecule has 0 aromatic carbocycles. The summed E-state index contributed by atoms with van der Waals surface area (Å²) in [5.41, 5.74) is 1.73. The van der Waals surface area contributed by atoms with Gasteiger partial charge >= 0.3 is 0 Å². The minimum Gasteiger partial charge on any atom is -0.500 e. The smallest absolute Gasteiger partial charge is 0.220 e. The van der Waals surface area contributed by atoms with Gasteiger partial charge in [0, 0.05) is 12.8 Å². The molecule has 1 unspecified atom stereocenters. The molecule has 2 aliphatic rings. The first kappa shape index (κ1) is 10.7. The third-order valence-electron chi connectivity index (χ3n) is 3.04.